The highest BCUT2D eigenvalue weighted by Gasteiger charge is 2.29. The summed E-state index contributed by atoms with van der Waals surface area (Å²) in [6.07, 6.45) is -4.35. The molecule has 4 rings (SSSR count). The molecule has 0 unspecified atom stereocenters. The molecule has 0 saturated carbocycles. The van der Waals surface area contributed by atoms with Gasteiger partial charge in [0.25, 0.3) is 0 Å². The topological polar surface area (TPSA) is 37.8 Å². The van der Waals surface area contributed by atoms with Gasteiger partial charge in [0.05, 0.1) is 11.1 Å². The maximum absolute atomic E-state index is 13.2. The summed E-state index contributed by atoms with van der Waals surface area (Å²) in [7, 11) is 0. The molecule has 1 heterocycles. The fraction of sp³-hybridized carbons (Fsp3) is 0.0909. The van der Waals surface area contributed by atoms with E-state index >= 15 is 0 Å². The summed E-state index contributed by atoms with van der Waals surface area (Å²) in [4.78, 5) is 9.09. The number of fused-ring (bicyclic) bond motifs is 1. The van der Waals surface area contributed by atoms with Crippen LogP contribution in [-0.2, 0) is 11.9 Å². The van der Waals surface area contributed by atoms with Crippen LogP contribution in [0.15, 0.2) is 78.0 Å². The Kier molecular flexibility index (Phi) is 5.59. The Morgan fingerprint density at radius 1 is 0.833 bits per heavy atom. The summed E-state index contributed by atoms with van der Waals surface area (Å²) in [5.41, 5.74) is 1.47. The second kappa shape index (κ2) is 8.31. The number of nitrogens with zero attached hydrogens (tertiary/aromatic N) is 2. The molecule has 1 N–H and O–H groups in total. The van der Waals surface area contributed by atoms with Crippen LogP contribution < -0.4 is 5.32 Å². The molecule has 0 bridgehead atoms. The zero-order valence-electron chi connectivity index (χ0n) is 15.4. The molecule has 3 nitrogen and oxygen atoms in total. The quantitative estimate of drug-likeness (QED) is 0.215. The number of aromatic nitrogens is 2. The molecule has 0 spiro atoms. The monoisotopic (exact) mass is 429 g/mol. The number of benzene rings is 3. The number of alkyl halides is 3. The third-order valence-corrected chi connectivity index (χ3v) is 5.26. The number of thioether (sulfide) groups is 1. The average Bonchev–Trinajstić information content (AvgIpc) is 2.73. The Hall–Kier alpha value is -3.13. The lowest BCUT2D eigenvalue weighted by atomic mass is 10.1. The van der Waals surface area contributed by atoms with Gasteiger partial charge in [0.1, 0.15) is 11.6 Å². The van der Waals surface area contributed by atoms with Gasteiger partial charge in [-0.15, -0.1) is 0 Å². The Bertz CT molecular complexity index is 1160. The minimum Gasteiger partial charge on any atom is -0.340 e. The van der Waals surface area contributed by atoms with Crippen molar-refractivity contribution in [3.63, 3.8) is 0 Å². The molecular formula is C22H15F4N3S. The molecule has 8 heteroatoms. The van der Waals surface area contributed by atoms with E-state index < -0.39 is 11.7 Å². The predicted octanol–water partition coefficient (Wildman–Crippen LogP) is 6.82. The van der Waals surface area contributed by atoms with Crippen LogP contribution in [0.3, 0.4) is 0 Å². The number of halogens is 4. The zero-order valence-corrected chi connectivity index (χ0v) is 16.3. The Morgan fingerprint density at radius 3 is 2.23 bits per heavy atom. The molecular weight excluding hydrogens is 414 g/mol. The van der Waals surface area contributed by atoms with Crippen LogP contribution in [0.2, 0.25) is 0 Å². The van der Waals surface area contributed by atoms with Crippen LogP contribution >= 0.6 is 11.8 Å². The first kappa shape index (κ1) is 20.2. The van der Waals surface area contributed by atoms with E-state index in [1.807, 2.05) is 24.3 Å². The first-order chi connectivity index (χ1) is 14.4. The van der Waals surface area contributed by atoms with Crippen molar-refractivity contribution >= 4 is 34.2 Å². The highest BCUT2D eigenvalue weighted by Crippen LogP contribution is 2.31. The van der Waals surface area contributed by atoms with Crippen molar-refractivity contribution in [2.75, 3.05) is 5.32 Å². The third kappa shape index (κ3) is 4.71. The first-order valence-corrected chi connectivity index (χ1v) is 9.95. The summed E-state index contributed by atoms with van der Waals surface area (Å²) in [6.45, 7) is 0. The van der Waals surface area contributed by atoms with Gasteiger partial charge in [-0.25, -0.2) is 14.4 Å². The molecule has 0 aliphatic heterocycles. The van der Waals surface area contributed by atoms with Crippen LogP contribution in [0.1, 0.15) is 11.1 Å². The molecule has 3 aromatic carbocycles. The van der Waals surface area contributed by atoms with Crippen molar-refractivity contribution in [2.45, 2.75) is 17.1 Å². The smallest absolute Gasteiger partial charge is 0.340 e. The molecule has 0 atom stereocenters. The maximum atomic E-state index is 13.2. The lowest BCUT2D eigenvalue weighted by Crippen LogP contribution is -2.04. The fourth-order valence-corrected chi connectivity index (χ4v) is 3.63. The van der Waals surface area contributed by atoms with Crippen molar-refractivity contribution in [1.82, 2.24) is 9.97 Å². The van der Waals surface area contributed by atoms with Crippen molar-refractivity contribution in [1.29, 1.82) is 0 Å². The van der Waals surface area contributed by atoms with Crippen LogP contribution in [0.5, 0.6) is 0 Å². The molecule has 4 aromatic rings. The van der Waals surface area contributed by atoms with Crippen LogP contribution in [0.4, 0.5) is 29.1 Å². The molecule has 152 valence electrons. The van der Waals surface area contributed by atoms with Gasteiger partial charge in [0, 0.05) is 16.8 Å². The van der Waals surface area contributed by atoms with Gasteiger partial charge in [0.2, 0.25) is 0 Å². The van der Waals surface area contributed by atoms with E-state index in [-0.39, 0.29) is 5.82 Å². The van der Waals surface area contributed by atoms with Crippen molar-refractivity contribution in [3.8, 4) is 0 Å². The number of hydrogen-bond acceptors (Lipinski definition) is 4. The molecule has 0 radical (unpaired) electrons. The highest BCUT2D eigenvalue weighted by molar-refractivity contribution is 7.98. The minimum absolute atomic E-state index is 0.333. The van der Waals surface area contributed by atoms with Gasteiger partial charge in [-0.1, -0.05) is 36.0 Å². The van der Waals surface area contributed by atoms with Crippen molar-refractivity contribution < 1.29 is 17.6 Å². The van der Waals surface area contributed by atoms with Gasteiger partial charge >= 0.3 is 6.18 Å². The highest BCUT2D eigenvalue weighted by atomic mass is 32.2. The van der Waals surface area contributed by atoms with Gasteiger partial charge in [0.15, 0.2) is 5.16 Å². The molecule has 0 aliphatic carbocycles. The van der Waals surface area contributed by atoms with Crippen LogP contribution in [0.25, 0.3) is 10.9 Å². The van der Waals surface area contributed by atoms with E-state index in [0.717, 1.165) is 28.6 Å². The lowest BCUT2D eigenvalue weighted by Gasteiger charge is -2.11. The van der Waals surface area contributed by atoms with Gasteiger partial charge in [-0.3, -0.25) is 0 Å². The normalized spacial score (nSPS) is 11.6. The van der Waals surface area contributed by atoms with E-state index in [4.69, 9.17) is 0 Å². The largest absolute Gasteiger partial charge is 0.416 e. The number of nitrogens with one attached hydrogen (secondary N) is 1. The number of hydrogen-bond donors (Lipinski definition) is 1. The first-order valence-electron chi connectivity index (χ1n) is 8.97. The van der Waals surface area contributed by atoms with Crippen molar-refractivity contribution in [2.24, 2.45) is 0 Å². The number of para-hydroxylation sites is 1. The summed E-state index contributed by atoms with van der Waals surface area (Å²) < 4.78 is 51.3. The van der Waals surface area contributed by atoms with Gasteiger partial charge in [-0.2, -0.15) is 13.2 Å². The SMILES string of the molecule is Fc1ccc(Nc2nc(SCc3ccc(C(F)(F)F)cc3)nc3ccccc23)cc1. The summed E-state index contributed by atoms with van der Waals surface area (Å²) in [6, 6.07) is 18.4. The van der Waals surface area contributed by atoms with Gasteiger partial charge in [-0.05, 0) is 54.1 Å². The van der Waals surface area contributed by atoms with E-state index in [0.29, 0.717) is 22.4 Å². The van der Waals surface area contributed by atoms with E-state index in [1.165, 1.54) is 36.0 Å². The molecule has 30 heavy (non-hydrogen) atoms. The van der Waals surface area contributed by atoms with E-state index in [1.54, 1.807) is 12.1 Å². The third-order valence-electron chi connectivity index (χ3n) is 4.34. The van der Waals surface area contributed by atoms with E-state index in [9.17, 15) is 17.6 Å². The minimum atomic E-state index is -4.35. The summed E-state index contributed by atoms with van der Waals surface area (Å²) in [5.74, 6) is 0.662. The summed E-state index contributed by atoms with van der Waals surface area (Å²) in [5, 5.41) is 4.47. The molecule has 0 saturated heterocycles. The Morgan fingerprint density at radius 2 is 1.53 bits per heavy atom. The molecule has 0 fully saturated rings. The standard InChI is InChI=1S/C22H15F4N3S/c23-16-9-11-17(12-10-16)27-20-18-3-1-2-4-19(18)28-21(29-20)30-13-14-5-7-15(8-6-14)22(24,25)26/h1-12H,13H2,(H,27,28,29). The molecule has 1 aromatic heterocycles. The predicted molar refractivity (Wildman–Crippen MR) is 110 cm³/mol. The second-order valence-electron chi connectivity index (χ2n) is 6.49. The number of rotatable bonds is 5. The average molecular weight is 429 g/mol. The molecule has 0 aliphatic rings. The van der Waals surface area contributed by atoms with Gasteiger partial charge < -0.3 is 5.32 Å². The van der Waals surface area contributed by atoms with Crippen LogP contribution in [0, 0.1) is 5.82 Å². The zero-order chi connectivity index (χ0) is 21.1. The second-order valence-corrected chi connectivity index (χ2v) is 7.43. The maximum Gasteiger partial charge on any atom is 0.416 e. The Balaban J connectivity index is 1.57. The van der Waals surface area contributed by atoms with E-state index in [2.05, 4.69) is 15.3 Å². The lowest BCUT2D eigenvalue weighted by molar-refractivity contribution is -0.137. The Labute approximate surface area is 174 Å². The fourth-order valence-electron chi connectivity index (χ4n) is 2.82. The van der Waals surface area contributed by atoms with Crippen molar-refractivity contribution in [3.05, 3.63) is 89.7 Å². The summed E-state index contributed by atoms with van der Waals surface area (Å²) >= 11 is 1.33. The molecule has 0 amide bonds. The van der Waals surface area contributed by atoms with Crippen LogP contribution in [-0.4, -0.2) is 9.97 Å². The number of anilines is 2.